The van der Waals surface area contributed by atoms with Gasteiger partial charge in [-0.05, 0) is 35.9 Å². The normalized spacial score (nSPS) is 10.8. The Kier molecular flexibility index (Phi) is 4.29. The minimum Gasteiger partial charge on any atom is -0.321 e. The van der Waals surface area contributed by atoms with Crippen LogP contribution in [0.4, 0.5) is 5.69 Å². The molecule has 0 spiro atoms. The third-order valence-corrected chi connectivity index (χ3v) is 3.81. The fraction of sp³-hybridized carbons (Fsp3) is 0.111. The molecule has 1 N–H and O–H groups in total. The molecule has 1 aromatic carbocycles. The van der Waals surface area contributed by atoms with E-state index in [1.165, 1.54) is 0 Å². The Balaban J connectivity index is 1.42. The summed E-state index contributed by atoms with van der Waals surface area (Å²) in [5.74, 6) is -0.250. The van der Waals surface area contributed by atoms with Crippen LogP contribution in [0.5, 0.6) is 0 Å². The minimum absolute atomic E-state index is 0.250. The first kappa shape index (κ1) is 15.8. The van der Waals surface area contributed by atoms with Gasteiger partial charge in [-0.1, -0.05) is 12.1 Å². The molecule has 1 amide bonds. The molecular formula is C18H17N7O. The zero-order valence-electron chi connectivity index (χ0n) is 13.9. The first-order valence-electron chi connectivity index (χ1n) is 8.15. The number of benzene rings is 1. The summed E-state index contributed by atoms with van der Waals surface area (Å²) in [7, 11) is 0. The third kappa shape index (κ3) is 3.69. The predicted octanol–water partition coefficient (Wildman–Crippen LogP) is 2.08. The average molecular weight is 347 g/mol. The van der Waals surface area contributed by atoms with Gasteiger partial charge < -0.3 is 5.32 Å². The van der Waals surface area contributed by atoms with Crippen LogP contribution in [0.2, 0.25) is 0 Å². The molecule has 0 aliphatic rings. The molecule has 0 saturated heterocycles. The Morgan fingerprint density at radius 1 is 0.923 bits per heavy atom. The predicted molar refractivity (Wildman–Crippen MR) is 95.6 cm³/mol. The summed E-state index contributed by atoms with van der Waals surface area (Å²) in [5.41, 5.74) is 2.13. The first-order chi connectivity index (χ1) is 12.8. The van der Waals surface area contributed by atoms with Crippen molar-refractivity contribution in [3.05, 3.63) is 84.7 Å². The quantitative estimate of drug-likeness (QED) is 0.579. The van der Waals surface area contributed by atoms with Crippen molar-refractivity contribution in [1.29, 1.82) is 0 Å². The highest BCUT2D eigenvalue weighted by Gasteiger charge is 2.10. The van der Waals surface area contributed by atoms with E-state index in [1.54, 1.807) is 34.0 Å². The fourth-order valence-electron chi connectivity index (χ4n) is 2.62. The third-order valence-electron chi connectivity index (χ3n) is 3.81. The summed E-state index contributed by atoms with van der Waals surface area (Å²) < 4.78 is 5.22. The summed E-state index contributed by atoms with van der Waals surface area (Å²) in [5, 5.41) is 15.5. The molecule has 0 unspecified atom stereocenters. The van der Waals surface area contributed by atoms with Crippen LogP contribution < -0.4 is 5.32 Å². The monoisotopic (exact) mass is 347 g/mol. The lowest BCUT2D eigenvalue weighted by molar-refractivity contribution is 0.102. The Labute approximate surface area is 149 Å². The zero-order chi connectivity index (χ0) is 17.8. The number of rotatable bonds is 6. The molecule has 0 atom stereocenters. The Morgan fingerprint density at radius 2 is 1.73 bits per heavy atom. The molecule has 130 valence electrons. The lowest BCUT2D eigenvalue weighted by Gasteiger charge is -2.07. The number of carbonyl (C=O) groups is 1. The van der Waals surface area contributed by atoms with Gasteiger partial charge in [0, 0.05) is 36.7 Å². The van der Waals surface area contributed by atoms with E-state index < -0.39 is 0 Å². The number of carbonyl (C=O) groups excluding carboxylic acids is 1. The van der Waals surface area contributed by atoms with E-state index in [1.807, 2.05) is 53.5 Å². The number of anilines is 1. The second-order valence-corrected chi connectivity index (χ2v) is 5.79. The maximum absolute atomic E-state index is 12.4. The number of hydrogen-bond donors (Lipinski definition) is 1. The molecule has 3 heterocycles. The van der Waals surface area contributed by atoms with Gasteiger partial charge in [0.05, 0.1) is 6.54 Å². The molecule has 0 bridgehead atoms. The Morgan fingerprint density at radius 3 is 2.50 bits per heavy atom. The van der Waals surface area contributed by atoms with Gasteiger partial charge in [-0.3, -0.25) is 18.8 Å². The molecule has 0 fully saturated rings. The van der Waals surface area contributed by atoms with Gasteiger partial charge in [-0.2, -0.15) is 15.3 Å². The number of aromatic nitrogens is 6. The molecule has 4 aromatic rings. The van der Waals surface area contributed by atoms with E-state index in [0.29, 0.717) is 18.9 Å². The number of amides is 1. The largest absolute Gasteiger partial charge is 0.321 e. The second-order valence-electron chi connectivity index (χ2n) is 5.79. The SMILES string of the molecule is O=C(Nc1cccc(Cn2cccn2)c1)c1ccn(Cn2cccn2)n1. The summed E-state index contributed by atoms with van der Waals surface area (Å²) in [6.45, 7) is 1.11. The van der Waals surface area contributed by atoms with Gasteiger partial charge in [-0.15, -0.1) is 0 Å². The van der Waals surface area contributed by atoms with Crippen molar-refractivity contribution in [2.24, 2.45) is 0 Å². The van der Waals surface area contributed by atoms with E-state index in [9.17, 15) is 4.79 Å². The van der Waals surface area contributed by atoms with Crippen LogP contribution in [0.25, 0.3) is 0 Å². The van der Waals surface area contributed by atoms with Crippen LogP contribution in [0.15, 0.2) is 73.4 Å². The molecule has 0 saturated carbocycles. The van der Waals surface area contributed by atoms with Crippen molar-refractivity contribution in [3.63, 3.8) is 0 Å². The highest BCUT2D eigenvalue weighted by Crippen LogP contribution is 2.13. The second kappa shape index (κ2) is 7.06. The van der Waals surface area contributed by atoms with Crippen LogP contribution in [0.1, 0.15) is 16.1 Å². The molecule has 0 aliphatic carbocycles. The van der Waals surface area contributed by atoms with Gasteiger partial charge >= 0.3 is 0 Å². The lowest BCUT2D eigenvalue weighted by atomic mass is 10.2. The maximum atomic E-state index is 12.4. The molecule has 8 nitrogen and oxygen atoms in total. The van der Waals surface area contributed by atoms with Crippen molar-refractivity contribution < 1.29 is 4.79 Å². The maximum Gasteiger partial charge on any atom is 0.276 e. The van der Waals surface area contributed by atoms with Crippen LogP contribution in [-0.2, 0) is 13.2 Å². The Bertz CT molecular complexity index is 986. The highest BCUT2D eigenvalue weighted by molar-refractivity contribution is 6.02. The van der Waals surface area contributed by atoms with Gasteiger partial charge in [0.2, 0.25) is 0 Å². The number of nitrogens with one attached hydrogen (secondary N) is 1. The molecule has 8 heteroatoms. The van der Waals surface area contributed by atoms with E-state index in [4.69, 9.17) is 0 Å². The molecule has 4 rings (SSSR count). The number of hydrogen-bond acceptors (Lipinski definition) is 4. The van der Waals surface area contributed by atoms with E-state index >= 15 is 0 Å². The molecule has 26 heavy (non-hydrogen) atoms. The van der Waals surface area contributed by atoms with Gasteiger partial charge in [0.25, 0.3) is 5.91 Å². The lowest BCUT2D eigenvalue weighted by Crippen LogP contribution is -2.15. The highest BCUT2D eigenvalue weighted by atomic mass is 16.1. The fourth-order valence-corrected chi connectivity index (χ4v) is 2.62. The summed E-state index contributed by atoms with van der Waals surface area (Å²) >= 11 is 0. The van der Waals surface area contributed by atoms with Crippen molar-refractivity contribution in [3.8, 4) is 0 Å². The number of nitrogens with zero attached hydrogens (tertiary/aromatic N) is 6. The molecule has 0 radical (unpaired) electrons. The topological polar surface area (TPSA) is 82.6 Å². The minimum atomic E-state index is -0.250. The average Bonchev–Trinajstić information content (AvgIpc) is 3.38. The van der Waals surface area contributed by atoms with E-state index in [2.05, 4.69) is 20.6 Å². The Hall–Kier alpha value is -3.68. The van der Waals surface area contributed by atoms with E-state index in [0.717, 1.165) is 11.3 Å². The van der Waals surface area contributed by atoms with Crippen LogP contribution >= 0.6 is 0 Å². The van der Waals surface area contributed by atoms with Crippen LogP contribution in [0.3, 0.4) is 0 Å². The van der Waals surface area contributed by atoms with Crippen molar-refractivity contribution in [2.75, 3.05) is 5.32 Å². The summed E-state index contributed by atoms with van der Waals surface area (Å²) in [6.07, 6.45) is 8.94. The standard InChI is InChI=1S/C18H17N7O/c26-18(17-6-11-25(22-17)14-24-10-3-8-20-24)21-16-5-1-4-15(12-16)13-23-9-2-7-19-23/h1-12H,13-14H2,(H,21,26). The van der Waals surface area contributed by atoms with Gasteiger partial charge in [0.1, 0.15) is 6.67 Å². The summed E-state index contributed by atoms with van der Waals surface area (Å²) in [4.78, 5) is 12.4. The summed E-state index contributed by atoms with van der Waals surface area (Å²) in [6, 6.07) is 13.1. The van der Waals surface area contributed by atoms with Crippen molar-refractivity contribution in [1.82, 2.24) is 29.3 Å². The zero-order valence-corrected chi connectivity index (χ0v) is 13.9. The first-order valence-corrected chi connectivity index (χ1v) is 8.15. The van der Waals surface area contributed by atoms with Crippen molar-refractivity contribution in [2.45, 2.75) is 13.2 Å². The van der Waals surface area contributed by atoms with Crippen LogP contribution in [-0.4, -0.2) is 35.2 Å². The van der Waals surface area contributed by atoms with E-state index in [-0.39, 0.29) is 5.91 Å². The molecule has 0 aliphatic heterocycles. The smallest absolute Gasteiger partial charge is 0.276 e. The molecule has 3 aromatic heterocycles. The van der Waals surface area contributed by atoms with Gasteiger partial charge in [-0.25, -0.2) is 0 Å². The van der Waals surface area contributed by atoms with Crippen LogP contribution in [0, 0.1) is 0 Å². The molecular weight excluding hydrogens is 330 g/mol. The van der Waals surface area contributed by atoms with Crippen molar-refractivity contribution >= 4 is 11.6 Å². The van der Waals surface area contributed by atoms with Gasteiger partial charge in [0.15, 0.2) is 5.69 Å².